The number of nitrogens with two attached hydrogens (primary N) is 1. The number of anilines is 1. The highest BCUT2D eigenvalue weighted by molar-refractivity contribution is 5.37. The molecule has 4 heteroatoms. The van der Waals surface area contributed by atoms with Gasteiger partial charge in [-0.3, -0.25) is 0 Å². The van der Waals surface area contributed by atoms with Gasteiger partial charge in [0.15, 0.2) is 0 Å². The maximum absolute atomic E-state index is 5.55. The Morgan fingerprint density at radius 3 is 2.81 bits per heavy atom. The van der Waals surface area contributed by atoms with Gasteiger partial charge in [0, 0.05) is 19.3 Å². The van der Waals surface area contributed by atoms with Crippen LogP contribution in [0.25, 0.3) is 0 Å². The van der Waals surface area contributed by atoms with Crippen molar-refractivity contribution in [2.45, 2.75) is 44.7 Å². The van der Waals surface area contributed by atoms with Crippen molar-refractivity contribution in [3.63, 3.8) is 0 Å². The zero-order valence-electron chi connectivity index (χ0n) is 9.89. The molecular formula is C12H20N4. The molecule has 1 heterocycles. The molecule has 1 aromatic rings. The maximum atomic E-state index is 5.55. The highest BCUT2D eigenvalue weighted by Gasteiger charge is 2.19. The van der Waals surface area contributed by atoms with Crippen LogP contribution in [0.5, 0.6) is 0 Å². The van der Waals surface area contributed by atoms with E-state index in [1.807, 2.05) is 6.07 Å². The van der Waals surface area contributed by atoms with Gasteiger partial charge < -0.3 is 10.6 Å². The van der Waals surface area contributed by atoms with E-state index in [2.05, 4.69) is 21.9 Å². The van der Waals surface area contributed by atoms with Crippen molar-refractivity contribution in [1.29, 1.82) is 0 Å². The third-order valence-electron chi connectivity index (χ3n) is 3.36. The van der Waals surface area contributed by atoms with Crippen molar-refractivity contribution < 1.29 is 0 Å². The van der Waals surface area contributed by atoms with Gasteiger partial charge in [0.05, 0.1) is 6.54 Å². The lowest BCUT2D eigenvalue weighted by Gasteiger charge is -2.32. The molecule has 0 atom stereocenters. The first kappa shape index (κ1) is 11.3. The molecule has 16 heavy (non-hydrogen) atoms. The first-order chi connectivity index (χ1) is 7.81. The summed E-state index contributed by atoms with van der Waals surface area (Å²) in [6.07, 6.45) is 8.40. The molecule has 0 unspecified atom stereocenters. The Hall–Kier alpha value is -1.16. The fraction of sp³-hybridized carbons (Fsp3) is 0.667. The molecule has 88 valence electrons. The lowest BCUT2D eigenvalue weighted by atomic mass is 9.94. The van der Waals surface area contributed by atoms with Crippen LogP contribution in [0.3, 0.4) is 0 Å². The molecule has 1 aliphatic rings. The van der Waals surface area contributed by atoms with E-state index >= 15 is 0 Å². The molecule has 2 N–H and O–H groups in total. The lowest BCUT2D eigenvalue weighted by Crippen LogP contribution is -2.34. The summed E-state index contributed by atoms with van der Waals surface area (Å²) < 4.78 is 0. The van der Waals surface area contributed by atoms with Crippen molar-refractivity contribution in [2.24, 2.45) is 5.73 Å². The Bertz CT molecular complexity index is 334. The maximum Gasteiger partial charge on any atom is 0.144 e. The minimum Gasteiger partial charge on any atom is -0.357 e. The second-order valence-corrected chi connectivity index (χ2v) is 4.44. The molecule has 0 saturated heterocycles. The average molecular weight is 220 g/mol. The molecule has 4 nitrogen and oxygen atoms in total. The monoisotopic (exact) mass is 220 g/mol. The van der Waals surface area contributed by atoms with Crippen LogP contribution in [0.4, 0.5) is 5.82 Å². The van der Waals surface area contributed by atoms with Crippen LogP contribution in [-0.2, 0) is 6.54 Å². The Morgan fingerprint density at radius 1 is 1.38 bits per heavy atom. The number of hydrogen-bond acceptors (Lipinski definition) is 4. The normalized spacial score (nSPS) is 17.4. The Balaban J connectivity index is 2.09. The number of rotatable bonds is 3. The van der Waals surface area contributed by atoms with Gasteiger partial charge in [-0.15, -0.1) is 0 Å². The summed E-state index contributed by atoms with van der Waals surface area (Å²) in [6.45, 7) is 0.409. The molecule has 0 bridgehead atoms. The van der Waals surface area contributed by atoms with Crippen LogP contribution >= 0.6 is 0 Å². The second kappa shape index (κ2) is 5.25. The summed E-state index contributed by atoms with van der Waals surface area (Å²) in [7, 11) is 2.12. The van der Waals surface area contributed by atoms with E-state index in [0.717, 1.165) is 11.6 Å². The van der Waals surface area contributed by atoms with Crippen LogP contribution in [0.15, 0.2) is 12.3 Å². The summed E-state index contributed by atoms with van der Waals surface area (Å²) in [6, 6.07) is 2.60. The molecule has 1 saturated carbocycles. The van der Waals surface area contributed by atoms with Crippen LogP contribution < -0.4 is 10.6 Å². The summed E-state index contributed by atoms with van der Waals surface area (Å²) in [5, 5.41) is 0. The molecule has 0 radical (unpaired) electrons. The topological polar surface area (TPSA) is 55.0 Å². The van der Waals surface area contributed by atoms with E-state index in [0.29, 0.717) is 12.6 Å². The number of nitrogens with zero attached hydrogens (tertiary/aromatic N) is 3. The van der Waals surface area contributed by atoms with Crippen molar-refractivity contribution >= 4 is 5.82 Å². The molecule has 1 aliphatic carbocycles. The van der Waals surface area contributed by atoms with Crippen LogP contribution in [0, 0.1) is 0 Å². The first-order valence-electron chi connectivity index (χ1n) is 6.06. The minimum atomic E-state index is 0.409. The molecule has 1 fully saturated rings. The average Bonchev–Trinajstić information content (AvgIpc) is 2.39. The van der Waals surface area contributed by atoms with Gasteiger partial charge in [-0.25, -0.2) is 9.97 Å². The van der Waals surface area contributed by atoms with Crippen LogP contribution in [-0.4, -0.2) is 23.1 Å². The van der Waals surface area contributed by atoms with Gasteiger partial charge in [0.2, 0.25) is 0 Å². The number of hydrogen-bond donors (Lipinski definition) is 1. The summed E-state index contributed by atoms with van der Waals surface area (Å²) in [4.78, 5) is 10.9. The zero-order chi connectivity index (χ0) is 11.4. The van der Waals surface area contributed by atoms with E-state index in [4.69, 9.17) is 5.73 Å². The lowest BCUT2D eigenvalue weighted by molar-refractivity contribution is 0.425. The minimum absolute atomic E-state index is 0.409. The molecule has 0 amide bonds. The molecular weight excluding hydrogens is 200 g/mol. The fourth-order valence-electron chi connectivity index (χ4n) is 2.34. The van der Waals surface area contributed by atoms with Gasteiger partial charge in [-0.05, 0) is 18.9 Å². The second-order valence-electron chi connectivity index (χ2n) is 4.44. The fourth-order valence-corrected chi connectivity index (χ4v) is 2.34. The Kier molecular flexibility index (Phi) is 3.72. The van der Waals surface area contributed by atoms with Crippen molar-refractivity contribution in [2.75, 3.05) is 11.9 Å². The molecule has 2 rings (SSSR count). The number of aromatic nitrogens is 2. The van der Waals surface area contributed by atoms with Crippen molar-refractivity contribution in [3.05, 3.63) is 18.1 Å². The van der Waals surface area contributed by atoms with Crippen molar-refractivity contribution in [1.82, 2.24) is 9.97 Å². The largest absolute Gasteiger partial charge is 0.357 e. The highest BCUT2D eigenvalue weighted by Crippen LogP contribution is 2.24. The molecule has 0 aromatic carbocycles. The van der Waals surface area contributed by atoms with Gasteiger partial charge in [0.25, 0.3) is 0 Å². The molecule has 1 aromatic heterocycles. The molecule has 0 spiro atoms. The van der Waals surface area contributed by atoms with Gasteiger partial charge >= 0.3 is 0 Å². The standard InChI is InChI=1S/C12H20N4/c1-16(10-5-3-2-4-6-10)12-7-8-14-11(9-13)15-12/h7-8,10H,2-6,9,13H2,1H3. The SMILES string of the molecule is CN(c1ccnc(CN)n1)C1CCCCC1. The highest BCUT2D eigenvalue weighted by atomic mass is 15.2. The van der Waals surface area contributed by atoms with Crippen LogP contribution in [0.2, 0.25) is 0 Å². The van der Waals surface area contributed by atoms with E-state index in [1.165, 1.54) is 32.1 Å². The van der Waals surface area contributed by atoms with E-state index in [-0.39, 0.29) is 0 Å². The first-order valence-corrected chi connectivity index (χ1v) is 6.06. The van der Waals surface area contributed by atoms with Crippen LogP contribution in [0.1, 0.15) is 37.9 Å². The Morgan fingerprint density at radius 2 is 2.12 bits per heavy atom. The summed E-state index contributed by atoms with van der Waals surface area (Å²) >= 11 is 0. The summed E-state index contributed by atoms with van der Waals surface area (Å²) in [5.74, 6) is 1.72. The zero-order valence-corrected chi connectivity index (χ0v) is 9.89. The van der Waals surface area contributed by atoms with Crippen molar-refractivity contribution in [3.8, 4) is 0 Å². The van der Waals surface area contributed by atoms with E-state index < -0.39 is 0 Å². The van der Waals surface area contributed by atoms with Gasteiger partial charge in [-0.2, -0.15) is 0 Å². The summed E-state index contributed by atoms with van der Waals surface area (Å²) in [5.41, 5.74) is 5.55. The predicted octanol–water partition coefficient (Wildman–Crippen LogP) is 1.70. The Labute approximate surface area is 96.9 Å². The third kappa shape index (κ3) is 2.50. The predicted molar refractivity (Wildman–Crippen MR) is 65.2 cm³/mol. The smallest absolute Gasteiger partial charge is 0.144 e. The third-order valence-corrected chi connectivity index (χ3v) is 3.36. The van der Waals surface area contributed by atoms with Gasteiger partial charge in [-0.1, -0.05) is 19.3 Å². The van der Waals surface area contributed by atoms with Gasteiger partial charge in [0.1, 0.15) is 11.6 Å². The quantitative estimate of drug-likeness (QED) is 0.842. The van der Waals surface area contributed by atoms with E-state index in [1.54, 1.807) is 6.20 Å². The molecule has 0 aliphatic heterocycles. The van der Waals surface area contributed by atoms with E-state index in [9.17, 15) is 0 Å².